The maximum atomic E-state index is 11.4. The first kappa shape index (κ1) is 10.6. The molecule has 1 aliphatic rings. The van der Waals surface area contributed by atoms with Crippen LogP contribution in [0.15, 0.2) is 21.9 Å². The van der Waals surface area contributed by atoms with Crippen molar-refractivity contribution in [2.75, 3.05) is 5.33 Å². The normalized spacial score (nSPS) is 25.7. The lowest BCUT2D eigenvalue weighted by Gasteiger charge is -2.13. The quantitative estimate of drug-likeness (QED) is 0.804. The highest BCUT2D eigenvalue weighted by Crippen LogP contribution is 2.27. The van der Waals surface area contributed by atoms with Gasteiger partial charge in [0.2, 0.25) is 0 Å². The van der Waals surface area contributed by atoms with E-state index >= 15 is 0 Å². The van der Waals surface area contributed by atoms with Gasteiger partial charge in [0.25, 0.3) is 5.56 Å². The number of rotatable bonds is 2. The Morgan fingerprint density at radius 2 is 2.33 bits per heavy atom. The summed E-state index contributed by atoms with van der Waals surface area (Å²) in [5, 5.41) is 0.765. The van der Waals surface area contributed by atoms with Gasteiger partial charge in [0, 0.05) is 17.6 Å². The Hall–Kier alpha value is -0.880. The maximum absolute atomic E-state index is 11.4. The Morgan fingerprint density at radius 1 is 1.53 bits per heavy atom. The molecule has 1 N–H and O–H groups in total. The van der Waals surface area contributed by atoms with Crippen molar-refractivity contribution in [1.82, 2.24) is 9.55 Å². The van der Waals surface area contributed by atoms with E-state index in [-0.39, 0.29) is 17.9 Å². The first-order valence-corrected chi connectivity index (χ1v) is 5.86. The number of aromatic nitrogens is 2. The van der Waals surface area contributed by atoms with Crippen LogP contribution >= 0.6 is 15.9 Å². The van der Waals surface area contributed by atoms with Crippen molar-refractivity contribution < 1.29 is 4.74 Å². The van der Waals surface area contributed by atoms with Gasteiger partial charge in [-0.3, -0.25) is 14.3 Å². The van der Waals surface area contributed by atoms with Gasteiger partial charge in [-0.1, -0.05) is 15.9 Å². The summed E-state index contributed by atoms with van der Waals surface area (Å²) in [6.45, 7) is 0. The van der Waals surface area contributed by atoms with Gasteiger partial charge in [-0.25, -0.2) is 4.79 Å². The Balaban J connectivity index is 2.24. The number of ether oxygens (including phenoxy) is 1. The fourth-order valence-corrected chi connectivity index (χ4v) is 2.14. The first-order valence-electron chi connectivity index (χ1n) is 4.73. The summed E-state index contributed by atoms with van der Waals surface area (Å²) in [6, 6.07) is 1.33. The van der Waals surface area contributed by atoms with E-state index in [4.69, 9.17) is 4.74 Å². The SMILES string of the molecule is O=c1ccn([C@H]2CC[C@@H](CBr)O2)c(=O)[nH]1. The summed E-state index contributed by atoms with van der Waals surface area (Å²) < 4.78 is 7.03. The zero-order valence-electron chi connectivity index (χ0n) is 7.98. The molecule has 0 saturated carbocycles. The number of aromatic amines is 1. The van der Waals surface area contributed by atoms with Gasteiger partial charge in [-0.05, 0) is 12.8 Å². The molecule has 1 aromatic rings. The van der Waals surface area contributed by atoms with E-state index in [0.29, 0.717) is 0 Å². The highest BCUT2D eigenvalue weighted by molar-refractivity contribution is 9.09. The lowest BCUT2D eigenvalue weighted by atomic mass is 10.2. The second-order valence-corrected chi connectivity index (χ2v) is 4.11. The number of alkyl halides is 1. The molecule has 0 amide bonds. The van der Waals surface area contributed by atoms with E-state index in [1.165, 1.54) is 16.8 Å². The molecule has 6 heteroatoms. The summed E-state index contributed by atoms with van der Waals surface area (Å²) in [5.41, 5.74) is -0.797. The fraction of sp³-hybridized carbons (Fsp3) is 0.556. The molecule has 0 bridgehead atoms. The third-order valence-electron chi connectivity index (χ3n) is 2.42. The molecule has 1 saturated heterocycles. The zero-order valence-corrected chi connectivity index (χ0v) is 9.57. The van der Waals surface area contributed by atoms with Gasteiger partial charge in [0.05, 0.1) is 6.10 Å². The van der Waals surface area contributed by atoms with E-state index in [9.17, 15) is 9.59 Å². The molecule has 1 aliphatic heterocycles. The van der Waals surface area contributed by atoms with Crippen LogP contribution in [-0.4, -0.2) is 21.0 Å². The number of H-pyrrole nitrogens is 1. The summed E-state index contributed by atoms with van der Waals surface area (Å²) >= 11 is 3.34. The second-order valence-electron chi connectivity index (χ2n) is 3.46. The number of halogens is 1. The van der Waals surface area contributed by atoms with Crippen molar-refractivity contribution in [3.8, 4) is 0 Å². The van der Waals surface area contributed by atoms with Gasteiger partial charge in [0.15, 0.2) is 0 Å². The Labute approximate surface area is 94.2 Å². The molecule has 15 heavy (non-hydrogen) atoms. The molecular weight excluding hydrogens is 264 g/mol. The lowest BCUT2D eigenvalue weighted by molar-refractivity contribution is 0.0105. The van der Waals surface area contributed by atoms with E-state index in [0.717, 1.165) is 18.2 Å². The molecule has 2 heterocycles. The van der Waals surface area contributed by atoms with Crippen LogP contribution in [0.3, 0.4) is 0 Å². The molecular formula is C9H11BrN2O3. The zero-order chi connectivity index (χ0) is 10.8. The van der Waals surface area contributed by atoms with Crippen LogP contribution in [0.1, 0.15) is 19.1 Å². The topological polar surface area (TPSA) is 64.1 Å². The van der Waals surface area contributed by atoms with Crippen LogP contribution < -0.4 is 11.2 Å². The minimum Gasteiger partial charge on any atom is -0.354 e. The Morgan fingerprint density at radius 3 is 2.93 bits per heavy atom. The molecule has 0 aromatic carbocycles. The van der Waals surface area contributed by atoms with E-state index in [1.54, 1.807) is 0 Å². The molecule has 2 rings (SSSR count). The monoisotopic (exact) mass is 274 g/mol. The molecule has 82 valence electrons. The second kappa shape index (κ2) is 4.32. The number of hydrogen-bond donors (Lipinski definition) is 1. The maximum Gasteiger partial charge on any atom is 0.330 e. The first-order chi connectivity index (χ1) is 7.20. The summed E-state index contributed by atoms with van der Waals surface area (Å²) in [6.07, 6.45) is 3.08. The van der Waals surface area contributed by atoms with Crippen LogP contribution in [-0.2, 0) is 4.74 Å². The molecule has 2 atom stereocenters. The lowest BCUT2D eigenvalue weighted by Crippen LogP contribution is -2.31. The summed E-state index contributed by atoms with van der Waals surface area (Å²) in [7, 11) is 0. The Kier molecular flexibility index (Phi) is 3.06. The van der Waals surface area contributed by atoms with Crippen molar-refractivity contribution in [3.63, 3.8) is 0 Å². The predicted molar refractivity (Wildman–Crippen MR) is 58.3 cm³/mol. The molecule has 0 unspecified atom stereocenters. The molecule has 0 radical (unpaired) electrons. The van der Waals surface area contributed by atoms with Crippen LogP contribution in [0.25, 0.3) is 0 Å². The van der Waals surface area contributed by atoms with E-state index in [1.807, 2.05) is 0 Å². The van der Waals surface area contributed by atoms with Gasteiger partial charge < -0.3 is 4.74 Å². The van der Waals surface area contributed by atoms with Crippen LogP contribution in [0.4, 0.5) is 0 Å². The van der Waals surface area contributed by atoms with Crippen molar-refractivity contribution in [2.45, 2.75) is 25.2 Å². The highest BCUT2D eigenvalue weighted by Gasteiger charge is 2.26. The summed E-state index contributed by atoms with van der Waals surface area (Å²) in [5.74, 6) is 0. The molecule has 1 aromatic heterocycles. The minimum absolute atomic E-state index is 0.147. The van der Waals surface area contributed by atoms with E-state index < -0.39 is 5.69 Å². The summed E-state index contributed by atoms with van der Waals surface area (Å²) in [4.78, 5) is 24.5. The standard InChI is InChI=1S/C9H11BrN2O3/c10-5-6-1-2-8(15-6)12-4-3-7(13)11-9(12)14/h3-4,6,8H,1-2,5H2,(H,11,13,14)/t6-,8+/m0/s1. The predicted octanol–water partition coefficient (Wildman–Crippen LogP) is 0.609. The van der Waals surface area contributed by atoms with Gasteiger partial charge in [-0.15, -0.1) is 0 Å². The van der Waals surface area contributed by atoms with Gasteiger partial charge >= 0.3 is 5.69 Å². The Bertz CT molecular complexity index is 453. The molecule has 5 nitrogen and oxygen atoms in total. The number of hydrogen-bond acceptors (Lipinski definition) is 3. The van der Waals surface area contributed by atoms with Crippen LogP contribution in [0, 0.1) is 0 Å². The van der Waals surface area contributed by atoms with E-state index in [2.05, 4.69) is 20.9 Å². The average Bonchev–Trinajstić information content (AvgIpc) is 2.66. The smallest absolute Gasteiger partial charge is 0.330 e. The number of nitrogens with zero attached hydrogens (tertiary/aromatic N) is 1. The molecule has 0 spiro atoms. The van der Waals surface area contributed by atoms with Crippen molar-refractivity contribution in [2.24, 2.45) is 0 Å². The largest absolute Gasteiger partial charge is 0.354 e. The molecule has 1 fully saturated rings. The minimum atomic E-state index is -0.414. The molecule has 0 aliphatic carbocycles. The van der Waals surface area contributed by atoms with Crippen LogP contribution in [0.5, 0.6) is 0 Å². The number of nitrogens with one attached hydrogen (secondary N) is 1. The van der Waals surface area contributed by atoms with Crippen molar-refractivity contribution in [3.05, 3.63) is 33.1 Å². The van der Waals surface area contributed by atoms with Gasteiger partial charge in [-0.2, -0.15) is 0 Å². The third kappa shape index (κ3) is 2.21. The average molecular weight is 275 g/mol. The highest BCUT2D eigenvalue weighted by atomic mass is 79.9. The van der Waals surface area contributed by atoms with Crippen LogP contribution in [0.2, 0.25) is 0 Å². The third-order valence-corrected chi connectivity index (χ3v) is 3.14. The van der Waals surface area contributed by atoms with Gasteiger partial charge in [0.1, 0.15) is 6.23 Å². The fourth-order valence-electron chi connectivity index (χ4n) is 1.66. The van der Waals surface area contributed by atoms with Crippen molar-refractivity contribution in [1.29, 1.82) is 0 Å². The van der Waals surface area contributed by atoms with Crippen molar-refractivity contribution >= 4 is 15.9 Å².